The van der Waals surface area contributed by atoms with Gasteiger partial charge in [0.15, 0.2) is 20.1 Å². The first kappa shape index (κ1) is 15.2. The van der Waals surface area contributed by atoms with Gasteiger partial charge in [-0.3, -0.25) is 0 Å². The molecule has 0 atom stereocenters. The molecule has 122 valence electrons. The van der Waals surface area contributed by atoms with Crippen molar-refractivity contribution < 1.29 is 20.1 Å². The summed E-state index contributed by atoms with van der Waals surface area (Å²) in [5.41, 5.74) is 0. The molecule has 0 radical (unpaired) electrons. The molecule has 0 saturated carbocycles. The summed E-state index contributed by atoms with van der Waals surface area (Å²) in [5.74, 6) is 0. The molecule has 2 rings (SSSR count). The summed E-state index contributed by atoms with van der Waals surface area (Å²) in [4.78, 5) is 44.1. The van der Waals surface area contributed by atoms with Crippen LogP contribution in [0.2, 0.25) is 0 Å². The van der Waals surface area contributed by atoms with Gasteiger partial charge in [0.1, 0.15) is 26.2 Å². The Morgan fingerprint density at radius 2 is 0.727 bits per heavy atom. The van der Waals surface area contributed by atoms with Crippen LogP contribution in [0.4, 0.5) is 0 Å². The molecule has 2 heterocycles. The van der Waals surface area contributed by atoms with Gasteiger partial charge in [-0.2, -0.15) is 0 Å². The molecule has 0 aromatic carbocycles. The molecule has 0 aromatic rings. The first-order valence-corrected chi connectivity index (χ1v) is 5.89. The highest BCUT2D eigenvalue weighted by Crippen LogP contribution is 2.27. The van der Waals surface area contributed by atoms with Gasteiger partial charge in [-0.25, -0.2) is 40.5 Å². The number of hydrogen-bond acceptors (Lipinski definition) is 8. The second kappa shape index (κ2) is 5.30. The Hall–Kier alpha value is -3.20. The molecule has 0 aliphatic carbocycles. The summed E-state index contributed by atoms with van der Waals surface area (Å²) in [7, 11) is 0. The fraction of sp³-hybridized carbons (Fsp3) is 1.00. The van der Waals surface area contributed by atoms with Crippen LogP contribution >= 0.6 is 0 Å². The van der Waals surface area contributed by atoms with E-state index in [0.29, 0.717) is 20.0 Å². The summed E-state index contributed by atoms with van der Waals surface area (Å²) in [5, 5.41) is 42.0. The predicted octanol–water partition coefficient (Wildman–Crippen LogP) is -2.36. The highest BCUT2D eigenvalue weighted by Gasteiger charge is 2.61. The van der Waals surface area contributed by atoms with E-state index in [2.05, 4.69) is 0 Å². The molecule has 0 N–H and O–H groups in total. The SMILES string of the molecule is O=[N+]([O-])N1CCN([N+](=O)[O-])[C@H]2[C@H]1N([N+](=O)[O-])CCN2[N+](=O)[O-]. The lowest BCUT2D eigenvalue weighted by Gasteiger charge is -2.44. The van der Waals surface area contributed by atoms with Gasteiger partial charge >= 0.3 is 0 Å². The van der Waals surface area contributed by atoms with Crippen molar-refractivity contribution >= 4 is 0 Å². The Morgan fingerprint density at radius 3 is 0.864 bits per heavy atom. The topological polar surface area (TPSA) is 186 Å². The van der Waals surface area contributed by atoms with Crippen molar-refractivity contribution in [1.29, 1.82) is 0 Å². The van der Waals surface area contributed by atoms with Crippen LogP contribution in [0.15, 0.2) is 0 Å². The summed E-state index contributed by atoms with van der Waals surface area (Å²) in [6.07, 6.45) is -3.52. The predicted molar refractivity (Wildman–Crippen MR) is 62.4 cm³/mol. The Labute approximate surface area is 120 Å². The Morgan fingerprint density at radius 1 is 0.545 bits per heavy atom. The van der Waals surface area contributed by atoms with E-state index >= 15 is 0 Å². The minimum absolute atomic E-state index is 0.406. The van der Waals surface area contributed by atoms with Crippen LogP contribution in [0.25, 0.3) is 0 Å². The molecular weight excluding hydrogens is 312 g/mol. The fourth-order valence-electron chi connectivity index (χ4n) is 2.58. The first-order chi connectivity index (χ1) is 10.3. The van der Waals surface area contributed by atoms with Gasteiger partial charge in [0, 0.05) is 0 Å². The number of rotatable bonds is 4. The van der Waals surface area contributed by atoms with Crippen LogP contribution < -0.4 is 0 Å². The molecule has 0 aromatic heterocycles. The van der Waals surface area contributed by atoms with Gasteiger partial charge in [0.25, 0.3) is 12.3 Å². The van der Waals surface area contributed by atoms with Crippen molar-refractivity contribution in [3.05, 3.63) is 40.5 Å². The van der Waals surface area contributed by atoms with E-state index in [0.717, 1.165) is 0 Å². The van der Waals surface area contributed by atoms with Crippen molar-refractivity contribution in [2.24, 2.45) is 0 Å². The number of hydrogen-bond donors (Lipinski definition) is 0. The van der Waals surface area contributed by atoms with E-state index in [1.54, 1.807) is 0 Å². The largest absolute Gasteiger partial charge is 0.266 e. The van der Waals surface area contributed by atoms with E-state index in [4.69, 9.17) is 0 Å². The van der Waals surface area contributed by atoms with Crippen LogP contribution in [-0.4, -0.2) is 78.7 Å². The van der Waals surface area contributed by atoms with Gasteiger partial charge in [-0.15, -0.1) is 0 Å². The van der Waals surface area contributed by atoms with Crippen LogP contribution in [0.1, 0.15) is 0 Å². The third kappa shape index (κ3) is 2.29. The standard InChI is InChI=1S/C6H10N8O8/c15-11(16)7-1-2-8(12(17)18)6-5(7)9(13(19)20)3-4-10(6)14(21)22/h5-6H,1-4H2/t5-,6-. The van der Waals surface area contributed by atoms with Crippen molar-refractivity contribution in [3.63, 3.8) is 0 Å². The van der Waals surface area contributed by atoms with Crippen LogP contribution in [0, 0.1) is 40.5 Å². The maximum atomic E-state index is 11.0. The number of hydrazine groups is 4. The molecule has 16 heteroatoms. The Balaban J connectivity index is 2.48. The second-order valence-corrected chi connectivity index (χ2v) is 4.43. The zero-order valence-corrected chi connectivity index (χ0v) is 10.8. The number of fused-ring (bicyclic) bond motifs is 1. The van der Waals surface area contributed by atoms with E-state index in [1.165, 1.54) is 0 Å². The maximum Gasteiger partial charge on any atom is 0.266 e. The first-order valence-electron chi connectivity index (χ1n) is 5.89. The Kier molecular flexibility index (Phi) is 3.66. The summed E-state index contributed by atoms with van der Waals surface area (Å²) >= 11 is 0. The van der Waals surface area contributed by atoms with Crippen LogP contribution in [0.5, 0.6) is 0 Å². The zero-order valence-electron chi connectivity index (χ0n) is 10.8. The molecule has 0 bridgehead atoms. The van der Waals surface area contributed by atoms with Gasteiger partial charge in [-0.05, 0) is 0 Å². The van der Waals surface area contributed by atoms with E-state index in [-0.39, 0.29) is 0 Å². The molecule has 2 aliphatic heterocycles. The lowest BCUT2D eigenvalue weighted by Crippen LogP contribution is -2.77. The van der Waals surface area contributed by atoms with Crippen LogP contribution in [0.3, 0.4) is 0 Å². The molecule has 2 fully saturated rings. The monoisotopic (exact) mass is 322 g/mol. The lowest BCUT2D eigenvalue weighted by molar-refractivity contribution is -0.791. The minimum Gasteiger partial charge on any atom is -0.235 e. The molecule has 0 spiro atoms. The third-order valence-electron chi connectivity index (χ3n) is 3.44. The van der Waals surface area contributed by atoms with E-state index < -0.39 is 58.6 Å². The smallest absolute Gasteiger partial charge is 0.235 e. The van der Waals surface area contributed by atoms with E-state index in [1.807, 2.05) is 0 Å². The minimum atomic E-state index is -1.76. The molecule has 0 amide bonds. The fourth-order valence-corrected chi connectivity index (χ4v) is 2.58. The molecule has 2 aliphatic rings. The third-order valence-corrected chi connectivity index (χ3v) is 3.44. The number of nitrogens with zero attached hydrogens (tertiary/aromatic N) is 8. The summed E-state index contributed by atoms with van der Waals surface area (Å²) < 4.78 is 0. The number of nitro groups is 4. The molecule has 16 nitrogen and oxygen atoms in total. The van der Waals surface area contributed by atoms with Crippen molar-refractivity contribution in [2.75, 3.05) is 26.2 Å². The van der Waals surface area contributed by atoms with Gasteiger partial charge in [0.05, 0.1) is 0 Å². The maximum absolute atomic E-state index is 11.0. The van der Waals surface area contributed by atoms with Crippen molar-refractivity contribution in [1.82, 2.24) is 20.0 Å². The normalized spacial score (nSPS) is 24.7. The lowest BCUT2D eigenvalue weighted by atomic mass is 10.2. The van der Waals surface area contributed by atoms with Crippen molar-refractivity contribution in [2.45, 2.75) is 12.3 Å². The van der Waals surface area contributed by atoms with Crippen LogP contribution in [-0.2, 0) is 0 Å². The average Bonchev–Trinajstić information content (AvgIpc) is 2.43. The molecular formula is C6H10N8O8. The summed E-state index contributed by atoms with van der Waals surface area (Å²) in [6.45, 7) is -1.92. The quantitative estimate of drug-likeness (QED) is 0.396. The van der Waals surface area contributed by atoms with Gasteiger partial charge < -0.3 is 0 Å². The molecule has 0 unspecified atom stereocenters. The Bertz CT molecular complexity index is 437. The average molecular weight is 322 g/mol. The summed E-state index contributed by atoms with van der Waals surface area (Å²) in [6, 6.07) is 0. The van der Waals surface area contributed by atoms with Gasteiger partial charge in [-0.1, -0.05) is 20.0 Å². The molecule has 2 saturated heterocycles. The zero-order chi connectivity index (χ0) is 16.6. The van der Waals surface area contributed by atoms with Crippen molar-refractivity contribution in [3.8, 4) is 0 Å². The highest BCUT2D eigenvalue weighted by atomic mass is 16.7. The number of piperazine rings is 2. The molecule has 22 heavy (non-hydrogen) atoms. The van der Waals surface area contributed by atoms with Gasteiger partial charge in [0.2, 0.25) is 0 Å². The van der Waals surface area contributed by atoms with E-state index in [9.17, 15) is 40.5 Å². The highest BCUT2D eigenvalue weighted by molar-refractivity contribution is 4.85. The second-order valence-electron chi connectivity index (χ2n) is 4.43.